The highest BCUT2D eigenvalue weighted by Gasteiger charge is 2.29. The van der Waals surface area contributed by atoms with E-state index in [0.29, 0.717) is 30.0 Å². The third-order valence-corrected chi connectivity index (χ3v) is 5.42. The number of carbonyl (C=O) groups excluding carboxylic acids is 2. The Morgan fingerprint density at radius 1 is 0.969 bits per heavy atom. The Balaban J connectivity index is 0.00000289. The van der Waals surface area contributed by atoms with E-state index in [9.17, 15) is 9.59 Å². The van der Waals surface area contributed by atoms with Crippen molar-refractivity contribution >= 4 is 29.9 Å². The van der Waals surface area contributed by atoms with Crippen molar-refractivity contribution in [2.45, 2.75) is 25.0 Å². The molecule has 2 amide bonds. The van der Waals surface area contributed by atoms with Gasteiger partial charge >= 0.3 is 0 Å². The number of anilines is 1. The third-order valence-electron chi connectivity index (χ3n) is 5.42. The molecule has 6 nitrogen and oxygen atoms in total. The van der Waals surface area contributed by atoms with Gasteiger partial charge in [0.1, 0.15) is 11.8 Å². The molecule has 1 aliphatic rings. The summed E-state index contributed by atoms with van der Waals surface area (Å²) in [6.45, 7) is 0.625. The van der Waals surface area contributed by atoms with Crippen molar-refractivity contribution < 1.29 is 14.3 Å². The van der Waals surface area contributed by atoms with Crippen molar-refractivity contribution in [1.29, 1.82) is 0 Å². The van der Waals surface area contributed by atoms with Crippen molar-refractivity contribution in [2.75, 3.05) is 12.4 Å². The van der Waals surface area contributed by atoms with Crippen LogP contribution in [0.5, 0.6) is 5.75 Å². The van der Waals surface area contributed by atoms with Gasteiger partial charge in [0.15, 0.2) is 0 Å². The highest BCUT2D eigenvalue weighted by atomic mass is 35.5. The number of carbonyl (C=O) groups is 2. The topological polar surface area (TPSA) is 79.5 Å². The average molecular weight is 452 g/mol. The minimum Gasteiger partial charge on any atom is -0.497 e. The average Bonchev–Trinajstić information content (AvgIpc) is 2.82. The first-order valence-corrected chi connectivity index (χ1v) is 10.2. The summed E-state index contributed by atoms with van der Waals surface area (Å²) in [5.41, 5.74) is 3.66. The molecule has 4 rings (SSSR count). The Morgan fingerprint density at radius 3 is 2.44 bits per heavy atom. The zero-order valence-corrected chi connectivity index (χ0v) is 18.5. The number of hydrogen-bond donors (Lipinski definition) is 3. The zero-order chi connectivity index (χ0) is 21.6. The second-order valence-corrected chi connectivity index (χ2v) is 7.48. The lowest BCUT2D eigenvalue weighted by Crippen LogP contribution is -2.50. The number of halogens is 1. The molecule has 3 aromatic carbocycles. The monoisotopic (exact) mass is 451 g/mol. The van der Waals surface area contributed by atoms with Gasteiger partial charge in [0, 0.05) is 18.3 Å². The SMILES string of the molecule is COc1cccc(NC(=O)[C@H](NC(=O)[C@@H]2Cc3ccccc3CN2)c2ccccc2)c1.Cl. The Morgan fingerprint density at radius 2 is 1.69 bits per heavy atom. The van der Waals surface area contributed by atoms with Gasteiger partial charge in [-0.05, 0) is 35.2 Å². The molecule has 0 aromatic heterocycles. The van der Waals surface area contributed by atoms with Crippen LogP contribution in [0.3, 0.4) is 0 Å². The number of fused-ring (bicyclic) bond motifs is 1. The zero-order valence-electron chi connectivity index (χ0n) is 17.7. The standard InChI is InChI=1S/C25H25N3O3.ClH/c1-31-21-13-7-12-20(15-21)27-25(30)23(17-8-3-2-4-9-17)28-24(29)22-14-18-10-5-6-11-19(18)16-26-22;/h2-13,15,22-23,26H,14,16H2,1H3,(H,27,30)(H,28,29);1H/t22-,23+;/m0./s1. The number of hydrogen-bond acceptors (Lipinski definition) is 4. The minimum atomic E-state index is -0.820. The summed E-state index contributed by atoms with van der Waals surface area (Å²) in [5, 5.41) is 9.10. The predicted molar refractivity (Wildman–Crippen MR) is 127 cm³/mol. The maximum Gasteiger partial charge on any atom is 0.251 e. The molecule has 32 heavy (non-hydrogen) atoms. The fourth-order valence-corrected chi connectivity index (χ4v) is 3.74. The van der Waals surface area contributed by atoms with E-state index in [1.54, 1.807) is 31.4 Å². The van der Waals surface area contributed by atoms with Crippen LogP contribution in [0, 0.1) is 0 Å². The molecular weight excluding hydrogens is 426 g/mol. The molecular formula is C25H26ClN3O3. The molecule has 7 heteroatoms. The molecule has 0 radical (unpaired) electrons. The summed E-state index contributed by atoms with van der Waals surface area (Å²) in [5.74, 6) is 0.122. The molecule has 166 valence electrons. The summed E-state index contributed by atoms with van der Waals surface area (Å²) in [7, 11) is 1.57. The van der Waals surface area contributed by atoms with E-state index >= 15 is 0 Å². The fraction of sp³-hybridized carbons (Fsp3) is 0.200. The van der Waals surface area contributed by atoms with Crippen LogP contribution in [0.1, 0.15) is 22.7 Å². The molecule has 0 aliphatic carbocycles. The van der Waals surface area contributed by atoms with Crippen LogP contribution in [-0.4, -0.2) is 25.0 Å². The molecule has 3 N–H and O–H groups in total. The Kier molecular flexibility index (Phi) is 7.87. The van der Waals surface area contributed by atoms with Crippen molar-refractivity contribution in [3.8, 4) is 5.75 Å². The Bertz CT molecular complexity index is 1070. The first-order valence-electron chi connectivity index (χ1n) is 10.2. The highest BCUT2D eigenvalue weighted by Crippen LogP contribution is 2.21. The van der Waals surface area contributed by atoms with Crippen LogP contribution in [0.15, 0.2) is 78.9 Å². The smallest absolute Gasteiger partial charge is 0.251 e. The molecule has 0 saturated heterocycles. The summed E-state index contributed by atoms with van der Waals surface area (Å²) in [4.78, 5) is 26.2. The van der Waals surface area contributed by atoms with Gasteiger partial charge in [0.2, 0.25) is 5.91 Å². The van der Waals surface area contributed by atoms with Gasteiger partial charge in [-0.3, -0.25) is 9.59 Å². The van der Waals surface area contributed by atoms with Crippen molar-refractivity contribution in [3.05, 3.63) is 95.6 Å². The number of methoxy groups -OCH3 is 1. The van der Waals surface area contributed by atoms with Crippen molar-refractivity contribution in [3.63, 3.8) is 0 Å². The molecule has 0 spiro atoms. The molecule has 2 atom stereocenters. The van der Waals surface area contributed by atoms with E-state index in [4.69, 9.17) is 4.74 Å². The van der Waals surface area contributed by atoms with Gasteiger partial charge in [0.05, 0.1) is 13.2 Å². The van der Waals surface area contributed by atoms with Gasteiger partial charge in [-0.2, -0.15) is 0 Å². The van der Waals surface area contributed by atoms with E-state index in [2.05, 4.69) is 22.0 Å². The quantitative estimate of drug-likeness (QED) is 0.534. The number of nitrogens with one attached hydrogen (secondary N) is 3. The summed E-state index contributed by atoms with van der Waals surface area (Å²) < 4.78 is 5.22. The van der Waals surface area contributed by atoms with Crippen LogP contribution in [-0.2, 0) is 22.6 Å². The van der Waals surface area contributed by atoms with E-state index in [-0.39, 0.29) is 24.2 Å². The minimum absolute atomic E-state index is 0. The van der Waals surface area contributed by atoms with Gasteiger partial charge in [-0.1, -0.05) is 60.7 Å². The van der Waals surface area contributed by atoms with E-state index in [1.807, 2.05) is 48.5 Å². The highest BCUT2D eigenvalue weighted by molar-refractivity contribution is 5.98. The number of amides is 2. The van der Waals surface area contributed by atoms with Gasteiger partial charge in [-0.15, -0.1) is 12.4 Å². The van der Waals surface area contributed by atoms with Crippen LogP contribution in [0.25, 0.3) is 0 Å². The van der Waals surface area contributed by atoms with Crippen molar-refractivity contribution in [1.82, 2.24) is 10.6 Å². The maximum absolute atomic E-state index is 13.1. The molecule has 1 aliphatic heterocycles. The number of ether oxygens (including phenoxy) is 1. The lowest BCUT2D eigenvalue weighted by molar-refractivity contribution is -0.128. The van der Waals surface area contributed by atoms with Gasteiger partial charge in [-0.25, -0.2) is 0 Å². The lowest BCUT2D eigenvalue weighted by atomic mass is 9.95. The number of rotatable bonds is 6. The fourth-order valence-electron chi connectivity index (χ4n) is 3.74. The van der Waals surface area contributed by atoms with Gasteiger partial charge < -0.3 is 20.7 Å². The lowest BCUT2D eigenvalue weighted by Gasteiger charge is -2.27. The van der Waals surface area contributed by atoms with E-state index in [1.165, 1.54) is 5.56 Å². The second kappa shape index (κ2) is 10.8. The van der Waals surface area contributed by atoms with Crippen LogP contribution in [0.4, 0.5) is 5.69 Å². The summed E-state index contributed by atoms with van der Waals surface area (Å²) >= 11 is 0. The second-order valence-electron chi connectivity index (χ2n) is 7.48. The van der Waals surface area contributed by atoms with Crippen molar-refractivity contribution in [2.24, 2.45) is 0 Å². The summed E-state index contributed by atoms with van der Waals surface area (Å²) in [6, 6.07) is 23.2. The Labute approximate surface area is 193 Å². The van der Waals surface area contributed by atoms with Crippen LogP contribution in [0.2, 0.25) is 0 Å². The third kappa shape index (κ3) is 5.46. The molecule has 1 heterocycles. The molecule has 0 fully saturated rings. The Hall–Kier alpha value is -3.35. The molecule has 0 saturated carbocycles. The van der Waals surface area contributed by atoms with E-state index in [0.717, 1.165) is 5.56 Å². The molecule has 0 bridgehead atoms. The van der Waals surface area contributed by atoms with E-state index < -0.39 is 12.1 Å². The summed E-state index contributed by atoms with van der Waals surface area (Å²) in [6.07, 6.45) is 0.584. The largest absolute Gasteiger partial charge is 0.497 e. The first-order chi connectivity index (χ1) is 15.1. The van der Waals surface area contributed by atoms with Gasteiger partial charge in [0.25, 0.3) is 5.91 Å². The van der Waals surface area contributed by atoms with Crippen LogP contribution >= 0.6 is 12.4 Å². The maximum atomic E-state index is 13.1. The van der Waals surface area contributed by atoms with Crippen LogP contribution < -0.4 is 20.7 Å². The first kappa shape index (κ1) is 23.3. The normalized spacial score (nSPS) is 15.5. The predicted octanol–water partition coefficient (Wildman–Crippen LogP) is 3.63. The molecule has 0 unspecified atom stereocenters. The molecule has 3 aromatic rings. The number of benzene rings is 3.